The maximum absolute atomic E-state index is 6.73. The Morgan fingerprint density at radius 2 is 1.89 bits per heavy atom. The summed E-state index contributed by atoms with van der Waals surface area (Å²) >= 11 is 6.34. The summed E-state index contributed by atoms with van der Waals surface area (Å²) < 4.78 is 22.4. The summed E-state index contributed by atoms with van der Waals surface area (Å²) in [6.07, 6.45) is 10.2. The summed E-state index contributed by atoms with van der Waals surface area (Å²) in [5.41, 5.74) is 2.86. The van der Waals surface area contributed by atoms with Crippen molar-refractivity contribution < 1.29 is 13.9 Å². The molecule has 1 aliphatic heterocycles. The van der Waals surface area contributed by atoms with Gasteiger partial charge in [-0.15, -0.1) is 0 Å². The van der Waals surface area contributed by atoms with Crippen molar-refractivity contribution in [1.82, 2.24) is 24.5 Å². The summed E-state index contributed by atoms with van der Waals surface area (Å²) in [4.78, 5) is 4.37. The lowest BCUT2D eigenvalue weighted by Crippen LogP contribution is -2.44. The molecule has 37 heavy (non-hydrogen) atoms. The number of rotatable bonds is 6. The number of hydrogen-bond donors (Lipinski definition) is 0. The van der Waals surface area contributed by atoms with E-state index in [2.05, 4.69) is 48.6 Å². The van der Waals surface area contributed by atoms with Gasteiger partial charge < -0.3 is 13.9 Å². The Morgan fingerprint density at radius 1 is 1.16 bits per heavy atom. The molecule has 0 spiro atoms. The highest BCUT2D eigenvalue weighted by Crippen LogP contribution is 2.41. The Kier molecular flexibility index (Phi) is 7.07. The molecule has 0 amide bonds. The van der Waals surface area contributed by atoms with E-state index < -0.39 is 14.1 Å². The summed E-state index contributed by atoms with van der Waals surface area (Å²) in [5.74, 6) is -0.546. The predicted molar refractivity (Wildman–Crippen MR) is 148 cm³/mol. The lowest BCUT2D eigenvalue weighted by atomic mass is 9.93. The molecule has 5 rings (SSSR count). The molecule has 1 saturated carbocycles. The van der Waals surface area contributed by atoms with Gasteiger partial charge in [0.2, 0.25) is 0 Å². The molecular formula is C27H40ClN5O3Si. The third-order valence-electron chi connectivity index (χ3n) is 8.18. The Labute approximate surface area is 225 Å². The first kappa shape index (κ1) is 26.8. The van der Waals surface area contributed by atoms with Gasteiger partial charge in [0, 0.05) is 35.5 Å². The molecule has 0 aromatic carbocycles. The van der Waals surface area contributed by atoms with Crippen LogP contribution in [-0.2, 0) is 20.4 Å². The van der Waals surface area contributed by atoms with Crippen molar-refractivity contribution in [3.63, 3.8) is 0 Å². The molecule has 0 N–H and O–H groups in total. The van der Waals surface area contributed by atoms with Crippen LogP contribution in [0.5, 0.6) is 0 Å². The molecule has 0 radical (unpaired) electrons. The maximum atomic E-state index is 6.73. The van der Waals surface area contributed by atoms with E-state index in [1.165, 1.54) is 0 Å². The molecule has 3 aromatic rings. The minimum Gasteiger partial charge on any atom is -0.414 e. The van der Waals surface area contributed by atoms with Crippen LogP contribution in [0, 0.1) is 0 Å². The molecule has 1 aliphatic carbocycles. The largest absolute Gasteiger partial charge is 0.414 e. The third-order valence-corrected chi connectivity index (χ3v) is 12.9. The number of nitrogens with zero attached hydrogens (tertiary/aromatic N) is 5. The molecule has 2 fully saturated rings. The van der Waals surface area contributed by atoms with Crippen molar-refractivity contribution in [1.29, 1.82) is 0 Å². The molecule has 1 saturated heterocycles. The van der Waals surface area contributed by atoms with Gasteiger partial charge in [0.05, 0.1) is 30.9 Å². The summed E-state index contributed by atoms with van der Waals surface area (Å²) in [7, 11) is -1.78. The van der Waals surface area contributed by atoms with Crippen molar-refractivity contribution in [2.45, 2.75) is 109 Å². The maximum Gasteiger partial charge on any atom is 0.192 e. The fraction of sp³-hybridized carbons (Fsp3) is 0.667. The fourth-order valence-electron chi connectivity index (χ4n) is 5.15. The average Bonchev–Trinajstić information content (AvgIpc) is 3.50. The topological polar surface area (TPSA) is 76.2 Å². The summed E-state index contributed by atoms with van der Waals surface area (Å²) in [6.45, 7) is 16.7. The van der Waals surface area contributed by atoms with E-state index in [9.17, 15) is 0 Å². The van der Waals surface area contributed by atoms with Gasteiger partial charge >= 0.3 is 0 Å². The highest BCUT2D eigenvalue weighted by Gasteiger charge is 2.40. The lowest BCUT2D eigenvalue weighted by molar-refractivity contribution is -0.139. The zero-order chi connectivity index (χ0) is 26.6. The third kappa shape index (κ3) is 5.66. The first-order valence-electron chi connectivity index (χ1n) is 13.4. The van der Waals surface area contributed by atoms with Crippen LogP contribution in [0.4, 0.5) is 0 Å². The van der Waals surface area contributed by atoms with Crippen LogP contribution in [0.2, 0.25) is 23.3 Å². The first-order valence-corrected chi connectivity index (χ1v) is 16.7. The second-order valence-electron chi connectivity index (χ2n) is 12.5. The van der Waals surface area contributed by atoms with Gasteiger partial charge in [0.1, 0.15) is 17.0 Å². The molecule has 4 heterocycles. The molecule has 1 unspecified atom stereocenters. The van der Waals surface area contributed by atoms with E-state index in [-0.39, 0.29) is 11.1 Å². The van der Waals surface area contributed by atoms with Gasteiger partial charge in [0.25, 0.3) is 0 Å². The van der Waals surface area contributed by atoms with Crippen LogP contribution in [0.3, 0.4) is 0 Å². The highest BCUT2D eigenvalue weighted by atomic mass is 35.5. The fourth-order valence-corrected chi connectivity index (χ4v) is 6.72. The van der Waals surface area contributed by atoms with Gasteiger partial charge in [-0.05, 0) is 57.7 Å². The number of fused-ring (bicyclic) bond motifs is 1. The molecular weight excluding hydrogens is 506 g/mol. The first-order chi connectivity index (χ1) is 17.3. The molecule has 1 atom stereocenters. The van der Waals surface area contributed by atoms with E-state index in [0.717, 1.165) is 47.8 Å². The lowest BCUT2D eigenvalue weighted by Gasteiger charge is -2.41. The predicted octanol–water partition coefficient (Wildman–Crippen LogP) is 6.61. The molecule has 3 aromatic heterocycles. The standard InChI is InChI=1S/C27H40ClN5O3Si/c1-26(2,3)37(6,7)36-20-10-8-19(9-11-20)33-23-12-24(28)29-14-22(23)25(31-33)18-13-30-32(15-18)16-21-17-34-27(4,5)35-21/h12-15,19-21H,8-11,16-17H2,1-7H3. The van der Waals surface area contributed by atoms with E-state index in [1.54, 1.807) is 0 Å². The van der Waals surface area contributed by atoms with E-state index in [0.29, 0.717) is 30.5 Å². The van der Waals surface area contributed by atoms with Crippen LogP contribution < -0.4 is 0 Å². The summed E-state index contributed by atoms with van der Waals surface area (Å²) in [5, 5.41) is 11.4. The van der Waals surface area contributed by atoms with Crippen molar-refractivity contribution in [2.24, 2.45) is 0 Å². The SMILES string of the molecule is CC1(C)OCC(Cn2cc(-c3nn(C4CCC(O[Si](C)(C)C(C)(C)C)CC4)c4cc(Cl)ncc34)cn2)O1. The molecule has 8 nitrogen and oxygen atoms in total. The smallest absolute Gasteiger partial charge is 0.192 e. The van der Waals surface area contributed by atoms with Crippen LogP contribution in [0.25, 0.3) is 22.2 Å². The molecule has 2 aliphatic rings. The highest BCUT2D eigenvalue weighted by molar-refractivity contribution is 6.74. The number of ether oxygens (including phenoxy) is 2. The Morgan fingerprint density at radius 3 is 2.54 bits per heavy atom. The van der Waals surface area contributed by atoms with Crippen LogP contribution >= 0.6 is 11.6 Å². The van der Waals surface area contributed by atoms with Crippen LogP contribution in [0.1, 0.15) is 66.3 Å². The number of halogens is 1. The monoisotopic (exact) mass is 545 g/mol. The minimum absolute atomic E-state index is 0.0266. The van der Waals surface area contributed by atoms with E-state index in [1.807, 2.05) is 43.2 Å². The van der Waals surface area contributed by atoms with Gasteiger partial charge in [-0.25, -0.2) is 4.98 Å². The van der Waals surface area contributed by atoms with Crippen LogP contribution in [-0.4, -0.2) is 57.5 Å². The molecule has 202 valence electrons. The van der Waals surface area contributed by atoms with Crippen molar-refractivity contribution in [3.8, 4) is 11.3 Å². The van der Waals surface area contributed by atoms with Gasteiger partial charge in [-0.2, -0.15) is 10.2 Å². The minimum atomic E-state index is -1.78. The second-order valence-corrected chi connectivity index (χ2v) is 17.7. The Bertz CT molecular complexity index is 1260. The molecule has 10 heteroatoms. The Hall–Kier alpha value is -1.78. The van der Waals surface area contributed by atoms with E-state index >= 15 is 0 Å². The summed E-state index contributed by atoms with van der Waals surface area (Å²) in [6, 6.07) is 2.23. The zero-order valence-electron chi connectivity index (χ0n) is 23.1. The van der Waals surface area contributed by atoms with Crippen LogP contribution in [0.15, 0.2) is 24.7 Å². The van der Waals surface area contributed by atoms with Crippen molar-refractivity contribution in [2.75, 3.05) is 6.61 Å². The Balaban J connectivity index is 1.35. The van der Waals surface area contributed by atoms with Crippen molar-refractivity contribution >= 4 is 30.8 Å². The number of aromatic nitrogens is 5. The quantitative estimate of drug-likeness (QED) is 0.256. The van der Waals surface area contributed by atoms with Gasteiger partial charge in [0.15, 0.2) is 14.1 Å². The molecule has 0 bridgehead atoms. The average molecular weight is 546 g/mol. The normalized spacial score (nSPS) is 24.7. The van der Waals surface area contributed by atoms with E-state index in [4.69, 9.17) is 30.6 Å². The number of pyridine rings is 1. The second kappa shape index (κ2) is 9.75. The number of hydrogen-bond acceptors (Lipinski definition) is 6. The van der Waals surface area contributed by atoms with Gasteiger partial charge in [-0.3, -0.25) is 9.36 Å². The van der Waals surface area contributed by atoms with Crippen molar-refractivity contribution in [3.05, 3.63) is 29.8 Å². The van der Waals surface area contributed by atoms with Gasteiger partial charge in [-0.1, -0.05) is 32.4 Å². The zero-order valence-corrected chi connectivity index (χ0v) is 24.9.